The molecule has 0 saturated carbocycles. The van der Waals surface area contributed by atoms with Crippen LogP contribution in [0.25, 0.3) is 0 Å². The van der Waals surface area contributed by atoms with Crippen LogP contribution in [0, 0.1) is 0 Å². The lowest BCUT2D eigenvalue weighted by Crippen LogP contribution is -2.26. The van der Waals surface area contributed by atoms with E-state index in [2.05, 4.69) is 6.92 Å². The largest absolute Gasteiger partial charge is 0.494 e. The van der Waals surface area contributed by atoms with E-state index >= 15 is 0 Å². The molecule has 0 fully saturated rings. The van der Waals surface area contributed by atoms with Crippen molar-refractivity contribution in [2.24, 2.45) is 5.73 Å². The van der Waals surface area contributed by atoms with Crippen molar-refractivity contribution in [1.82, 2.24) is 0 Å². The van der Waals surface area contributed by atoms with Crippen LogP contribution in [0.5, 0.6) is 5.75 Å². The second-order valence-corrected chi connectivity index (χ2v) is 6.82. The van der Waals surface area contributed by atoms with Crippen LogP contribution in [-0.4, -0.2) is 24.4 Å². The topological polar surface area (TPSA) is 55.5 Å². The molecule has 0 heterocycles. The summed E-state index contributed by atoms with van der Waals surface area (Å²) in [6, 6.07) is 7.88. The van der Waals surface area contributed by atoms with Crippen molar-refractivity contribution in [1.29, 1.82) is 0 Å². The van der Waals surface area contributed by atoms with Gasteiger partial charge in [0.15, 0.2) is 0 Å². The fourth-order valence-corrected chi connectivity index (χ4v) is 2.87. The maximum atomic E-state index is 8.97. The quantitative estimate of drug-likeness (QED) is 0.413. The van der Waals surface area contributed by atoms with Gasteiger partial charge in [0, 0.05) is 6.04 Å². The maximum Gasteiger partial charge on any atom is 0.119 e. The number of ether oxygens (including phenoxy) is 1. The molecule has 0 aliphatic rings. The Morgan fingerprint density at radius 2 is 1.40 bits per heavy atom. The van der Waals surface area contributed by atoms with Gasteiger partial charge in [0.2, 0.25) is 0 Å². The van der Waals surface area contributed by atoms with Crippen LogP contribution in [0.3, 0.4) is 0 Å². The van der Waals surface area contributed by atoms with Crippen molar-refractivity contribution < 1.29 is 9.84 Å². The zero-order valence-electron chi connectivity index (χ0n) is 15.9. The highest BCUT2D eigenvalue weighted by molar-refractivity contribution is 5.85. The zero-order chi connectivity index (χ0) is 17.5. The average molecular weight is 372 g/mol. The summed E-state index contributed by atoms with van der Waals surface area (Å²) in [5.41, 5.74) is 6.88. The van der Waals surface area contributed by atoms with Crippen LogP contribution in [-0.2, 0) is 6.42 Å². The molecule has 1 aromatic rings. The van der Waals surface area contributed by atoms with Crippen molar-refractivity contribution >= 4 is 12.4 Å². The van der Waals surface area contributed by atoms with E-state index in [1.165, 1.54) is 57.8 Å². The number of rotatable bonds is 15. The van der Waals surface area contributed by atoms with Gasteiger partial charge in [-0.1, -0.05) is 76.8 Å². The minimum absolute atomic E-state index is 0. The van der Waals surface area contributed by atoms with E-state index in [-0.39, 0.29) is 25.1 Å². The van der Waals surface area contributed by atoms with E-state index in [9.17, 15) is 0 Å². The first-order valence-corrected chi connectivity index (χ1v) is 9.84. The molecule has 0 amide bonds. The van der Waals surface area contributed by atoms with Crippen molar-refractivity contribution in [3.8, 4) is 5.75 Å². The van der Waals surface area contributed by atoms with E-state index < -0.39 is 0 Å². The molecule has 1 aromatic carbocycles. The third-order valence-corrected chi connectivity index (χ3v) is 4.42. The third kappa shape index (κ3) is 13.1. The summed E-state index contributed by atoms with van der Waals surface area (Å²) in [4.78, 5) is 0. The molecule has 0 saturated heterocycles. The molecule has 0 aliphatic carbocycles. The molecule has 3 N–H and O–H groups in total. The van der Waals surface area contributed by atoms with Crippen LogP contribution < -0.4 is 10.5 Å². The van der Waals surface area contributed by atoms with Crippen molar-refractivity contribution in [3.63, 3.8) is 0 Å². The van der Waals surface area contributed by atoms with Gasteiger partial charge in [-0.25, -0.2) is 0 Å². The zero-order valence-corrected chi connectivity index (χ0v) is 16.7. The van der Waals surface area contributed by atoms with Crippen molar-refractivity contribution in [2.45, 2.75) is 83.6 Å². The minimum atomic E-state index is -0.177. The molecule has 0 bridgehead atoms. The highest BCUT2D eigenvalue weighted by Gasteiger charge is 2.02. The first kappa shape index (κ1) is 24.2. The molecule has 146 valence electrons. The van der Waals surface area contributed by atoms with Crippen LogP contribution in [0.15, 0.2) is 24.3 Å². The maximum absolute atomic E-state index is 8.97. The molecule has 1 rings (SSSR count). The van der Waals surface area contributed by atoms with E-state index in [1.54, 1.807) is 0 Å². The number of hydrogen-bond acceptors (Lipinski definition) is 3. The Morgan fingerprint density at radius 1 is 0.880 bits per heavy atom. The number of aliphatic hydroxyl groups is 1. The second kappa shape index (κ2) is 16.7. The highest BCUT2D eigenvalue weighted by atomic mass is 35.5. The lowest BCUT2D eigenvalue weighted by atomic mass is 10.1. The molecular formula is C21H38ClNO2. The number of unbranched alkanes of at least 4 members (excludes halogenated alkanes) is 9. The summed E-state index contributed by atoms with van der Waals surface area (Å²) in [5, 5.41) is 8.97. The molecule has 1 unspecified atom stereocenters. The van der Waals surface area contributed by atoms with Gasteiger partial charge in [0.25, 0.3) is 0 Å². The van der Waals surface area contributed by atoms with Crippen LogP contribution in [0.2, 0.25) is 0 Å². The number of aliphatic hydroxyl groups excluding tert-OH is 1. The van der Waals surface area contributed by atoms with Gasteiger partial charge in [-0.3, -0.25) is 0 Å². The Balaban J connectivity index is 0.00000576. The number of halogens is 1. The Kier molecular flexibility index (Phi) is 16.2. The Hall–Kier alpha value is -0.770. The second-order valence-electron chi connectivity index (χ2n) is 6.82. The number of benzene rings is 1. The van der Waals surface area contributed by atoms with E-state index in [0.717, 1.165) is 24.3 Å². The average Bonchev–Trinajstić information content (AvgIpc) is 2.61. The standard InChI is InChI=1S/C21H37NO2.ClH/c1-2-3-4-5-6-7-8-9-10-11-16-24-21-14-12-19(13-15-21)17-20(22)18-23;/h12-15,20,23H,2-11,16-18,22H2,1H3;1H. The molecule has 0 aliphatic heterocycles. The number of nitrogens with two attached hydrogens (primary N) is 1. The molecule has 4 heteroatoms. The Morgan fingerprint density at radius 3 is 1.92 bits per heavy atom. The number of hydrogen-bond donors (Lipinski definition) is 2. The van der Waals surface area contributed by atoms with Gasteiger partial charge >= 0.3 is 0 Å². The predicted molar refractivity (Wildman–Crippen MR) is 110 cm³/mol. The van der Waals surface area contributed by atoms with Crippen molar-refractivity contribution in [2.75, 3.05) is 13.2 Å². The van der Waals surface area contributed by atoms with Gasteiger partial charge in [-0.2, -0.15) is 0 Å². The van der Waals surface area contributed by atoms with E-state index in [4.69, 9.17) is 15.6 Å². The van der Waals surface area contributed by atoms with Gasteiger partial charge in [0.05, 0.1) is 13.2 Å². The van der Waals surface area contributed by atoms with Crippen LogP contribution in [0.4, 0.5) is 0 Å². The SMILES string of the molecule is CCCCCCCCCCCCOc1ccc(CC(N)CO)cc1.Cl. The summed E-state index contributed by atoms with van der Waals surface area (Å²) >= 11 is 0. The molecule has 0 spiro atoms. The minimum Gasteiger partial charge on any atom is -0.494 e. The normalized spacial score (nSPS) is 11.8. The Labute approximate surface area is 160 Å². The van der Waals surface area contributed by atoms with E-state index in [1.807, 2.05) is 24.3 Å². The Bertz CT molecular complexity index is 397. The van der Waals surface area contributed by atoms with Gasteiger partial charge in [0.1, 0.15) is 5.75 Å². The molecule has 0 aromatic heterocycles. The fourth-order valence-electron chi connectivity index (χ4n) is 2.87. The predicted octanol–water partition coefficient (Wildman–Crippen LogP) is 5.27. The summed E-state index contributed by atoms with van der Waals surface area (Å²) < 4.78 is 5.78. The lowest BCUT2D eigenvalue weighted by Gasteiger charge is -2.10. The lowest BCUT2D eigenvalue weighted by molar-refractivity contribution is 0.265. The highest BCUT2D eigenvalue weighted by Crippen LogP contribution is 2.15. The molecular weight excluding hydrogens is 334 g/mol. The van der Waals surface area contributed by atoms with Crippen LogP contribution in [0.1, 0.15) is 76.7 Å². The van der Waals surface area contributed by atoms with Crippen molar-refractivity contribution in [3.05, 3.63) is 29.8 Å². The molecule has 0 radical (unpaired) electrons. The van der Waals surface area contributed by atoms with Crippen LogP contribution >= 0.6 is 12.4 Å². The first-order valence-electron chi connectivity index (χ1n) is 9.84. The van der Waals surface area contributed by atoms with Gasteiger partial charge in [-0.05, 0) is 30.5 Å². The smallest absolute Gasteiger partial charge is 0.119 e. The molecule has 3 nitrogen and oxygen atoms in total. The molecule has 25 heavy (non-hydrogen) atoms. The summed E-state index contributed by atoms with van der Waals surface area (Å²) in [6.45, 7) is 3.09. The fraction of sp³-hybridized carbons (Fsp3) is 0.714. The summed E-state index contributed by atoms with van der Waals surface area (Å²) in [5.74, 6) is 0.923. The third-order valence-electron chi connectivity index (χ3n) is 4.42. The first-order chi connectivity index (χ1) is 11.8. The van der Waals surface area contributed by atoms with Gasteiger partial charge in [-0.15, -0.1) is 12.4 Å². The monoisotopic (exact) mass is 371 g/mol. The summed E-state index contributed by atoms with van der Waals surface area (Å²) in [7, 11) is 0. The summed E-state index contributed by atoms with van der Waals surface area (Å²) in [6.07, 6.45) is 14.1. The van der Waals surface area contributed by atoms with Gasteiger partial charge < -0.3 is 15.6 Å². The van der Waals surface area contributed by atoms with E-state index in [0.29, 0.717) is 6.42 Å². The molecule has 1 atom stereocenters.